The Labute approximate surface area is 353 Å². The predicted molar refractivity (Wildman–Crippen MR) is 251 cm³/mol. The van der Waals surface area contributed by atoms with Crippen molar-refractivity contribution in [1.82, 2.24) is 0 Å². The lowest BCUT2D eigenvalue weighted by Gasteiger charge is -2.47. The quantitative estimate of drug-likeness (QED) is 0.172. The van der Waals surface area contributed by atoms with E-state index >= 15 is 0 Å². The minimum atomic E-state index is -0.537. The first-order chi connectivity index (χ1) is 29.3. The highest BCUT2D eigenvalue weighted by Crippen LogP contribution is 2.64. The van der Waals surface area contributed by atoms with Crippen molar-refractivity contribution in [3.05, 3.63) is 245 Å². The number of benzene rings is 9. The van der Waals surface area contributed by atoms with E-state index in [0.29, 0.717) is 0 Å². The van der Waals surface area contributed by atoms with Crippen molar-refractivity contribution in [2.75, 3.05) is 4.90 Å². The van der Waals surface area contributed by atoms with Crippen LogP contribution in [-0.4, -0.2) is 0 Å². The summed E-state index contributed by atoms with van der Waals surface area (Å²) in [6.07, 6.45) is 0. The Kier molecular flexibility index (Phi) is 7.31. The fourth-order valence-corrected chi connectivity index (χ4v) is 11.5. The lowest BCUT2D eigenvalue weighted by Crippen LogP contribution is -2.40. The second kappa shape index (κ2) is 12.5. The number of hydrogen-bond donors (Lipinski definition) is 0. The van der Waals surface area contributed by atoms with Crippen LogP contribution in [0, 0.1) is 0 Å². The van der Waals surface area contributed by atoms with E-state index in [1.807, 2.05) is 0 Å². The molecule has 9 aromatic carbocycles. The van der Waals surface area contributed by atoms with Crippen LogP contribution in [0.1, 0.15) is 72.2 Å². The van der Waals surface area contributed by atoms with Crippen molar-refractivity contribution < 1.29 is 0 Å². The fourth-order valence-electron chi connectivity index (χ4n) is 11.5. The van der Waals surface area contributed by atoms with Crippen molar-refractivity contribution in [2.45, 2.75) is 43.9 Å². The molecular formula is C59H45N. The SMILES string of the molecule is CC1(C)c2ccccc2-c2ccc(N(c3ccc4c(c3)C3(c5ccccc5-c5c(-c6ccccc6)cccc53)c3ccccc3C4(C)C)c3ccc4ccccc4c3)cc21. The van der Waals surface area contributed by atoms with Gasteiger partial charge in [0.2, 0.25) is 0 Å². The van der Waals surface area contributed by atoms with Crippen LogP contribution in [0.3, 0.4) is 0 Å². The Morgan fingerprint density at radius 1 is 0.300 bits per heavy atom. The van der Waals surface area contributed by atoms with Gasteiger partial charge >= 0.3 is 0 Å². The molecule has 0 bridgehead atoms. The molecule has 0 fully saturated rings. The summed E-state index contributed by atoms with van der Waals surface area (Å²) in [5.74, 6) is 0. The maximum Gasteiger partial charge on any atom is 0.0720 e. The van der Waals surface area contributed by atoms with Crippen LogP contribution in [0.15, 0.2) is 200 Å². The van der Waals surface area contributed by atoms with Crippen LogP contribution in [0.5, 0.6) is 0 Å². The Hall–Kier alpha value is -6.96. The first kappa shape index (κ1) is 35.0. The predicted octanol–water partition coefficient (Wildman–Crippen LogP) is 15.3. The van der Waals surface area contributed by atoms with Gasteiger partial charge in [-0.3, -0.25) is 0 Å². The summed E-state index contributed by atoms with van der Waals surface area (Å²) < 4.78 is 0. The monoisotopic (exact) mass is 767 g/mol. The number of rotatable bonds is 4. The number of hydrogen-bond acceptors (Lipinski definition) is 1. The van der Waals surface area contributed by atoms with Gasteiger partial charge in [-0.1, -0.05) is 191 Å². The standard InChI is InChI=1S/C59H45N/c1-57(2)48-24-12-10-21-45(48)46-33-31-42(36-54(46)57)60(41-30-29-38-17-8-9-20-40(38)35-41)43-32-34-51-55(37-43)59(52-27-15-14-26-50(52)58(51,3)4)49-25-13-11-22-47(49)56-44(23-16-28-53(56)59)39-18-6-5-7-19-39/h5-37H,1-4H3. The van der Waals surface area contributed by atoms with Gasteiger partial charge in [0.1, 0.15) is 0 Å². The first-order valence-corrected chi connectivity index (χ1v) is 21.3. The van der Waals surface area contributed by atoms with Gasteiger partial charge < -0.3 is 4.90 Å². The summed E-state index contributed by atoms with van der Waals surface area (Å²) in [6, 6.07) is 75.6. The average Bonchev–Trinajstić information content (AvgIpc) is 3.72. The highest BCUT2D eigenvalue weighted by atomic mass is 15.1. The van der Waals surface area contributed by atoms with Gasteiger partial charge in [-0.25, -0.2) is 0 Å². The third-order valence-electron chi connectivity index (χ3n) is 14.3. The molecule has 12 rings (SSSR count). The van der Waals surface area contributed by atoms with Crippen LogP contribution in [0.2, 0.25) is 0 Å². The zero-order chi connectivity index (χ0) is 40.4. The molecular weight excluding hydrogens is 723 g/mol. The molecule has 1 unspecified atom stereocenters. The topological polar surface area (TPSA) is 3.24 Å². The maximum atomic E-state index is 2.55. The Morgan fingerprint density at radius 3 is 1.62 bits per heavy atom. The fraction of sp³-hybridized carbons (Fsp3) is 0.119. The van der Waals surface area contributed by atoms with Crippen LogP contribution in [-0.2, 0) is 16.2 Å². The molecule has 0 amide bonds. The molecule has 0 saturated heterocycles. The van der Waals surface area contributed by atoms with Gasteiger partial charge in [0.15, 0.2) is 0 Å². The molecule has 0 aliphatic heterocycles. The summed E-state index contributed by atoms with van der Waals surface area (Å²) in [5.41, 5.74) is 21.3. The Bertz CT molecular complexity index is 3220. The van der Waals surface area contributed by atoms with Gasteiger partial charge in [-0.05, 0) is 125 Å². The van der Waals surface area contributed by atoms with Crippen molar-refractivity contribution in [3.63, 3.8) is 0 Å². The summed E-state index contributed by atoms with van der Waals surface area (Å²) in [6.45, 7) is 9.59. The molecule has 1 heteroatoms. The minimum absolute atomic E-state index is 0.127. The van der Waals surface area contributed by atoms with Gasteiger partial charge in [0.05, 0.1) is 5.41 Å². The molecule has 1 nitrogen and oxygen atoms in total. The zero-order valence-electron chi connectivity index (χ0n) is 34.5. The number of nitrogens with zero attached hydrogens (tertiary/aromatic N) is 1. The summed E-state index contributed by atoms with van der Waals surface area (Å²) in [7, 11) is 0. The molecule has 3 aliphatic carbocycles. The molecule has 9 aromatic rings. The van der Waals surface area contributed by atoms with E-state index in [4.69, 9.17) is 0 Å². The highest BCUT2D eigenvalue weighted by molar-refractivity contribution is 5.97. The lowest BCUT2D eigenvalue weighted by molar-refractivity contribution is 0.563. The molecule has 1 spiro atoms. The van der Waals surface area contributed by atoms with Gasteiger partial charge in [0.25, 0.3) is 0 Å². The van der Waals surface area contributed by atoms with Crippen LogP contribution >= 0.6 is 0 Å². The molecule has 0 aromatic heterocycles. The van der Waals surface area contributed by atoms with E-state index in [-0.39, 0.29) is 10.8 Å². The number of anilines is 3. The summed E-state index contributed by atoms with van der Waals surface area (Å²) >= 11 is 0. The van der Waals surface area contributed by atoms with Crippen LogP contribution in [0.25, 0.3) is 44.2 Å². The molecule has 3 aliphatic rings. The van der Waals surface area contributed by atoms with Gasteiger partial charge in [-0.2, -0.15) is 0 Å². The van der Waals surface area contributed by atoms with Crippen molar-refractivity contribution in [2.24, 2.45) is 0 Å². The molecule has 286 valence electrons. The van der Waals surface area contributed by atoms with Crippen molar-refractivity contribution in [1.29, 1.82) is 0 Å². The third kappa shape index (κ3) is 4.64. The normalized spacial score (nSPS) is 17.0. The van der Waals surface area contributed by atoms with E-state index in [0.717, 1.165) is 17.1 Å². The van der Waals surface area contributed by atoms with E-state index < -0.39 is 5.41 Å². The molecule has 0 N–H and O–H groups in total. The second-order valence-corrected chi connectivity index (χ2v) is 18.1. The third-order valence-corrected chi connectivity index (χ3v) is 14.3. The molecule has 0 heterocycles. The lowest BCUT2D eigenvalue weighted by atomic mass is 9.55. The van der Waals surface area contributed by atoms with Crippen LogP contribution in [0.4, 0.5) is 17.1 Å². The van der Waals surface area contributed by atoms with E-state index in [1.54, 1.807) is 0 Å². The zero-order valence-corrected chi connectivity index (χ0v) is 34.5. The molecule has 0 saturated carbocycles. The molecule has 0 radical (unpaired) electrons. The molecule has 1 atom stereocenters. The minimum Gasteiger partial charge on any atom is -0.310 e. The van der Waals surface area contributed by atoms with Gasteiger partial charge in [0, 0.05) is 27.9 Å². The molecule has 60 heavy (non-hydrogen) atoms. The van der Waals surface area contributed by atoms with Crippen molar-refractivity contribution >= 4 is 27.8 Å². The smallest absolute Gasteiger partial charge is 0.0720 e. The Morgan fingerprint density at radius 2 is 0.817 bits per heavy atom. The number of fused-ring (bicyclic) bond motifs is 13. The summed E-state index contributed by atoms with van der Waals surface area (Å²) in [5, 5.41) is 2.47. The van der Waals surface area contributed by atoms with Crippen molar-refractivity contribution in [3.8, 4) is 33.4 Å². The van der Waals surface area contributed by atoms with Crippen LogP contribution < -0.4 is 4.90 Å². The van der Waals surface area contributed by atoms with E-state index in [9.17, 15) is 0 Å². The first-order valence-electron chi connectivity index (χ1n) is 21.3. The van der Waals surface area contributed by atoms with E-state index in [2.05, 4.69) is 233 Å². The highest BCUT2D eigenvalue weighted by Gasteiger charge is 2.54. The Balaban J connectivity index is 1.16. The van der Waals surface area contributed by atoms with Gasteiger partial charge in [-0.15, -0.1) is 0 Å². The summed E-state index contributed by atoms with van der Waals surface area (Å²) in [4.78, 5) is 2.51. The van der Waals surface area contributed by atoms with E-state index in [1.165, 1.54) is 88.7 Å². The maximum absolute atomic E-state index is 2.55. The second-order valence-electron chi connectivity index (χ2n) is 18.1. The average molecular weight is 768 g/mol. The largest absolute Gasteiger partial charge is 0.310 e.